The zero-order valence-corrected chi connectivity index (χ0v) is 13.1. The van der Waals surface area contributed by atoms with E-state index in [-0.39, 0.29) is 0 Å². The van der Waals surface area contributed by atoms with E-state index in [4.69, 9.17) is 34.1 Å². The molecule has 2 rings (SSSR count). The molecule has 0 unspecified atom stereocenters. The Hall–Kier alpha value is -2.14. The van der Waals surface area contributed by atoms with E-state index in [1.807, 2.05) is 0 Å². The van der Waals surface area contributed by atoms with Crippen molar-refractivity contribution in [2.24, 2.45) is 5.16 Å². The Morgan fingerprint density at radius 2 is 1.60 bits per heavy atom. The number of halogens is 8. The van der Waals surface area contributed by atoms with Gasteiger partial charge in [-0.05, 0) is 12.1 Å². The van der Waals surface area contributed by atoms with Gasteiger partial charge < -0.3 is 10.9 Å². The molecule has 13 heteroatoms. The van der Waals surface area contributed by atoms with Crippen molar-refractivity contribution in [1.29, 1.82) is 0 Å². The molecule has 0 aliphatic rings. The van der Waals surface area contributed by atoms with Crippen molar-refractivity contribution in [3.63, 3.8) is 0 Å². The van der Waals surface area contributed by atoms with Crippen LogP contribution in [0.25, 0.3) is 5.69 Å². The zero-order chi connectivity index (χ0) is 19.2. The maximum atomic E-state index is 13.1. The van der Waals surface area contributed by atoms with E-state index in [9.17, 15) is 26.3 Å². The van der Waals surface area contributed by atoms with E-state index in [0.717, 1.165) is 0 Å². The van der Waals surface area contributed by atoms with Crippen molar-refractivity contribution < 1.29 is 31.5 Å². The summed E-state index contributed by atoms with van der Waals surface area (Å²) in [6.07, 6.45) is -9.39. The number of benzene rings is 1. The fourth-order valence-electron chi connectivity index (χ4n) is 1.99. The standard InChI is InChI=1S/C12H6Cl2F6N4O/c13-5-1-4(11(15,16)17)2-6(14)9(5)24-10(21)8(12(18,19)20)7(23-24)3-22-25/h1-3,25H,21H2. The molecule has 5 nitrogen and oxygen atoms in total. The predicted molar refractivity (Wildman–Crippen MR) is 77.4 cm³/mol. The lowest BCUT2D eigenvalue weighted by molar-refractivity contribution is -0.138. The molecule has 0 radical (unpaired) electrons. The van der Waals surface area contributed by atoms with Crippen LogP contribution >= 0.6 is 23.2 Å². The molecule has 0 aliphatic carbocycles. The Kier molecular flexibility index (Phi) is 4.83. The van der Waals surface area contributed by atoms with Gasteiger partial charge in [-0.2, -0.15) is 31.4 Å². The van der Waals surface area contributed by atoms with Crippen molar-refractivity contribution in [3.8, 4) is 5.69 Å². The quantitative estimate of drug-likeness (QED) is 0.331. The summed E-state index contributed by atoms with van der Waals surface area (Å²) >= 11 is 11.5. The van der Waals surface area contributed by atoms with Crippen LogP contribution in [-0.2, 0) is 12.4 Å². The van der Waals surface area contributed by atoms with E-state index in [2.05, 4.69) is 10.3 Å². The minimum atomic E-state index is -4.98. The van der Waals surface area contributed by atoms with Crippen LogP contribution in [0.15, 0.2) is 17.3 Å². The van der Waals surface area contributed by atoms with Gasteiger partial charge in [0.05, 0.1) is 21.8 Å². The summed E-state index contributed by atoms with van der Waals surface area (Å²) in [5, 5.41) is 13.1. The summed E-state index contributed by atoms with van der Waals surface area (Å²) in [4.78, 5) is 0. The number of hydrogen-bond acceptors (Lipinski definition) is 4. The molecule has 1 aromatic heterocycles. The summed E-state index contributed by atoms with van der Waals surface area (Å²) in [5.74, 6) is -0.994. The second-order valence-electron chi connectivity index (χ2n) is 4.59. The monoisotopic (exact) mass is 406 g/mol. The van der Waals surface area contributed by atoms with Gasteiger partial charge in [0.1, 0.15) is 22.8 Å². The van der Waals surface area contributed by atoms with E-state index >= 15 is 0 Å². The molecule has 0 bridgehead atoms. The lowest BCUT2D eigenvalue weighted by Crippen LogP contribution is -2.12. The number of nitrogen functional groups attached to an aromatic ring is 1. The van der Waals surface area contributed by atoms with Gasteiger partial charge in [-0.1, -0.05) is 28.4 Å². The summed E-state index contributed by atoms with van der Waals surface area (Å²) in [6.45, 7) is 0. The molecule has 136 valence electrons. The number of nitrogens with two attached hydrogens (primary N) is 1. The molecule has 1 aromatic carbocycles. The van der Waals surface area contributed by atoms with Crippen molar-refractivity contribution in [2.75, 3.05) is 5.73 Å². The van der Waals surface area contributed by atoms with Crippen LogP contribution in [0.1, 0.15) is 16.8 Å². The molecular weight excluding hydrogens is 401 g/mol. The van der Waals surface area contributed by atoms with Crippen molar-refractivity contribution >= 4 is 35.2 Å². The van der Waals surface area contributed by atoms with Gasteiger partial charge in [-0.3, -0.25) is 0 Å². The van der Waals surface area contributed by atoms with Crippen LogP contribution in [0, 0.1) is 0 Å². The Balaban J connectivity index is 2.76. The zero-order valence-electron chi connectivity index (χ0n) is 11.6. The van der Waals surface area contributed by atoms with Crippen molar-refractivity contribution in [1.82, 2.24) is 9.78 Å². The van der Waals surface area contributed by atoms with Gasteiger partial charge in [0.15, 0.2) is 0 Å². The van der Waals surface area contributed by atoms with Crippen LogP contribution in [0.4, 0.5) is 32.2 Å². The third kappa shape index (κ3) is 3.61. The lowest BCUT2D eigenvalue weighted by Gasteiger charge is -2.13. The summed E-state index contributed by atoms with van der Waals surface area (Å²) in [5.41, 5.74) is 1.38. The van der Waals surface area contributed by atoms with Gasteiger partial charge in [0.2, 0.25) is 0 Å². The van der Waals surface area contributed by atoms with Crippen molar-refractivity contribution in [2.45, 2.75) is 12.4 Å². The first-order valence-corrected chi connectivity index (χ1v) is 6.83. The van der Waals surface area contributed by atoms with Gasteiger partial charge >= 0.3 is 12.4 Å². The summed E-state index contributed by atoms with van der Waals surface area (Å²) in [6, 6.07) is 0.938. The molecule has 2 aromatic rings. The maximum absolute atomic E-state index is 13.1. The normalized spacial score (nSPS) is 13.0. The first-order chi connectivity index (χ1) is 11.4. The Bertz CT molecular complexity index is 820. The lowest BCUT2D eigenvalue weighted by atomic mass is 10.2. The smallest absolute Gasteiger partial charge is 0.411 e. The number of aromatic nitrogens is 2. The number of hydrogen-bond donors (Lipinski definition) is 2. The average Bonchev–Trinajstić information content (AvgIpc) is 2.74. The third-order valence-corrected chi connectivity index (χ3v) is 3.54. The van der Waals surface area contributed by atoms with Gasteiger partial charge in [0, 0.05) is 0 Å². The van der Waals surface area contributed by atoms with Gasteiger partial charge in [-0.25, -0.2) is 4.68 Å². The molecular formula is C12H6Cl2F6N4O. The van der Waals surface area contributed by atoms with Crippen LogP contribution in [0.5, 0.6) is 0 Å². The maximum Gasteiger partial charge on any atom is 0.422 e. The first-order valence-electron chi connectivity index (χ1n) is 6.07. The molecule has 0 saturated carbocycles. The van der Waals surface area contributed by atoms with Crippen molar-refractivity contribution in [3.05, 3.63) is 39.0 Å². The van der Waals surface area contributed by atoms with E-state index < -0.39 is 50.7 Å². The van der Waals surface area contributed by atoms with Crippen LogP contribution in [-0.4, -0.2) is 21.2 Å². The van der Waals surface area contributed by atoms with Gasteiger partial charge in [0.25, 0.3) is 0 Å². The Morgan fingerprint density at radius 1 is 1.08 bits per heavy atom. The minimum absolute atomic E-state index is 0.363. The number of oxime groups is 1. The highest BCUT2D eigenvalue weighted by Crippen LogP contribution is 2.41. The number of alkyl halides is 6. The molecule has 0 saturated heterocycles. The largest absolute Gasteiger partial charge is 0.422 e. The molecule has 0 spiro atoms. The highest BCUT2D eigenvalue weighted by atomic mass is 35.5. The predicted octanol–water partition coefficient (Wildman–Crippen LogP) is 4.61. The molecule has 0 atom stereocenters. The number of anilines is 1. The fourth-order valence-corrected chi connectivity index (χ4v) is 2.63. The second-order valence-corrected chi connectivity index (χ2v) is 5.40. The highest BCUT2D eigenvalue weighted by molar-refractivity contribution is 6.38. The fraction of sp³-hybridized carbons (Fsp3) is 0.167. The Morgan fingerprint density at radius 3 is 2.00 bits per heavy atom. The molecule has 0 aliphatic heterocycles. The molecule has 3 N–H and O–H groups in total. The Labute approximate surface area is 145 Å². The van der Waals surface area contributed by atoms with Crippen LogP contribution in [0.3, 0.4) is 0 Å². The minimum Gasteiger partial charge on any atom is -0.411 e. The van der Waals surface area contributed by atoms with E-state index in [0.29, 0.717) is 23.0 Å². The molecule has 25 heavy (non-hydrogen) atoms. The molecule has 1 heterocycles. The van der Waals surface area contributed by atoms with Crippen LogP contribution < -0.4 is 5.73 Å². The SMILES string of the molecule is Nc1c(C(F)(F)F)c(C=NO)nn1-c1c(Cl)cc(C(F)(F)F)cc1Cl. The third-order valence-electron chi connectivity index (χ3n) is 2.97. The van der Waals surface area contributed by atoms with E-state index in [1.165, 1.54) is 0 Å². The second kappa shape index (κ2) is 6.30. The average molecular weight is 407 g/mol. The molecule has 0 fully saturated rings. The van der Waals surface area contributed by atoms with E-state index in [1.54, 1.807) is 0 Å². The van der Waals surface area contributed by atoms with Crippen LogP contribution in [0.2, 0.25) is 10.0 Å². The molecule has 0 amide bonds. The summed E-state index contributed by atoms with van der Waals surface area (Å²) in [7, 11) is 0. The first kappa shape index (κ1) is 19.2. The number of nitrogens with zero attached hydrogens (tertiary/aromatic N) is 3. The van der Waals surface area contributed by atoms with Gasteiger partial charge in [-0.15, -0.1) is 0 Å². The topological polar surface area (TPSA) is 76.4 Å². The highest BCUT2D eigenvalue weighted by Gasteiger charge is 2.40. The summed E-state index contributed by atoms with van der Waals surface area (Å²) < 4.78 is 77.9. The number of rotatable bonds is 2.